The van der Waals surface area contributed by atoms with E-state index in [0.717, 1.165) is 11.3 Å². The lowest BCUT2D eigenvalue weighted by molar-refractivity contribution is 0.122. The molecule has 0 unspecified atom stereocenters. The first-order valence-corrected chi connectivity index (χ1v) is 11.5. The zero-order valence-electron chi connectivity index (χ0n) is 19.7. The maximum atomic E-state index is 15.1. The molecule has 0 spiro atoms. The van der Waals surface area contributed by atoms with Crippen LogP contribution in [0.5, 0.6) is 11.5 Å². The van der Waals surface area contributed by atoms with Gasteiger partial charge in [-0.2, -0.15) is 5.26 Å². The number of methoxy groups -OCH3 is 1. The molecule has 2 heterocycles. The maximum absolute atomic E-state index is 15.1. The Balaban J connectivity index is 1.40. The normalized spacial score (nSPS) is 13.3. The van der Waals surface area contributed by atoms with Crippen LogP contribution in [0, 0.1) is 17.1 Å². The first kappa shape index (κ1) is 23.3. The molecule has 0 aliphatic carbocycles. The van der Waals surface area contributed by atoms with Crippen LogP contribution >= 0.6 is 0 Å². The molecule has 36 heavy (non-hydrogen) atoms. The van der Waals surface area contributed by atoms with Crippen LogP contribution in [-0.4, -0.2) is 43.4 Å². The monoisotopic (exact) mass is 485 g/mol. The Morgan fingerprint density at radius 3 is 2.56 bits per heavy atom. The number of morpholine rings is 1. The van der Waals surface area contributed by atoms with Crippen molar-refractivity contribution in [2.75, 3.05) is 43.6 Å². The van der Waals surface area contributed by atoms with E-state index in [-0.39, 0.29) is 5.69 Å². The second kappa shape index (κ2) is 10.5. The molecule has 0 radical (unpaired) electrons. The summed E-state index contributed by atoms with van der Waals surface area (Å²) in [6.07, 6.45) is 0. The smallest absolute Gasteiger partial charge is 0.174 e. The number of nitriles is 1. The molecule has 182 valence electrons. The summed E-state index contributed by atoms with van der Waals surface area (Å²) in [6.45, 7) is 2.63. The van der Waals surface area contributed by atoms with E-state index in [1.165, 1.54) is 6.07 Å². The molecule has 1 aromatic heterocycles. The highest BCUT2D eigenvalue weighted by molar-refractivity contribution is 5.86. The molecular weight excluding hydrogens is 461 g/mol. The van der Waals surface area contributed by atoms with E-state index < -0.39 is 5.82 Å². The number of ether oxygens (including phenoxy) is 3. The number of nitrogens with zero attached hydrogens (tertiary/aromatic N) is 4. The minimum atomic E-state index is -0.483. The standard InChI is InChI=1S/C27H24FN5O3/c1-34-20-7-5-18(6-8-20)17-36-21-9-10-23(22(28)15-21)30-26-27(33-11-13-35-14-12-33)32-25-19(16-29)3-2-4-24(25)31-26/h2-10,15H,11-14,17H2,1H3,(H,30,31). The van der Waals surface area contributed by atoms with Gasteiger partial charge >= 0.3 is 0 Å². The van der Waals surface area contributed by atoms with Gasteiger partial charge in [0.2, 0.25) is 0 Å². The number of hydrogen-bond donors (Lipinski definition) is 1. The molecule has 9 heteroatoms. The number of halogens is 1. The van der Waals surface area contributed by atoms with Crippen molar-refractivity contribution in [1.29, 1.82) is 5.26 Å². The summed E-state index contributed by atoms with van der Waals surface area (Å²) in [5, 5.41) is 12.6. The van der Waals surface area contributed by atoms with Gasteiger partial charge in [0.1, 0.15) is 35.5 Å². The van der Waals surface area contributed by atoms with Crippen LogP contribution in [0.3, 0.4) is 0 Å². The van der Waals surface area contributed by atoms with Gasteiger partial charge in [0, 0.05) is 19.2 Å². The summed E-state index contributed by atoms with van der Waals surface area (Å²) in [5.41, 5.74) is 2.68. The van der Waals surface area contributed by atoms with Crippen molar-refractivity contribution in [2.24, 2.45) is 0 Å². The number of para-hydroxylation sites is 1. The average molecular weight is 486 g/mol. The lowest BCUT2D eigenvalue weighted by Crippen LogP contribution is -2.37. The topological polar surface area (TPSA) is 92.5 Å². The van der Waals surface area contributed by atoms with Crippen LogP contribution in [0.25, 0.3) is 11.0 Å². The van der Waals surface area contributed by atoms with Gasteiger partial charge in [0.05, 0.1) is 37.1 Å². The summed E-state index contributed by atoms with van der Waals surface area (Å²) in [5.74, 6) is 1.64. The highest BCUT2D eigenvalue weighted by Crippen LogP contribution is 2.31. The van der Waals surface area contributed by atoms with Gasteiger partial charge in [-0.05, 0) is 42.0 Å². The molecule has 3 aromatic carbocycles. The summed E-state index contributed by atoms with van der Waals surface area (Å²) < 4.78 is 31.5. The predicted octanol–water partition coefficient (Wildman–Crippen LogP) is 4.81. The molecular formula is C27H24FN5O3. The largest absolute Gasteiger partial charge is 0.497 e. The number of rotatable bonds is 7. The fourth-order valence-electron chi connectivity index (χ4n) is 3.94. The van der Waals surface area contributed by atoms with Crippen LogP contribution in [-0.2, 0) is 11.3 Å². The molecule has 1 N–H and O–H groups in total. The SMILES string of the molecule is COc1ccc(COc2ccc(Nc3nc4cccc(C#N)c4nc3N3CCOCC3)c(F)c2)cc1. The van der Waals surface area contributed by atoms with Crippen molar-refractivity contribution >= 4 is 28.4 Å². The van der Waals surface area contributed by atoms with Crippen molar-refractivity contribution in [1.82, 2.24) is 9.97 Å². The highest BCUT2D eigenvalue weighted by Gasteiger charge is 2.21. The van der Waals surface area contributed by atoms with Crippen molar-refractivity contribution in [3.05, 3.63) is 77.6 Å². The third-order valence-electron chi connectivity index (χ3n) is 5.87. The summed E-state index contributed by atoms with van der Waals surface area (Å²) >= 11 is 0. The first-order valence-electron chi connectivity index (χ1n) is 11.5. The summed E-state index contributed by atoms with van der Waals surface area (Å²) in [6, 6.07) is 19.5. The molecule has 8 nitrogen and oxygen atoms in total. The third kappa shape index (κ3) is 4.99. The Morgan fingerprint density at radius 1 is 1.06 bits per heavy atom. The molecule has 0 bridgehead atoms. The first-order chi connectivity index (χ1) is 17.6. The minimum absolute atomic E-state index is 0.242. The Morgan fingerprint density at radius 2 is 1.83 bits per heavy atom. The second-order valence-electron chi connectivity index (χ2n) is 8.18. The van der Waals surface area contributed by atoms with Crippen molar-refractivity contribution in [3.63, 3.8) is 0 Å². The van der Waals surface area contributed by atoms with Gasteiger partial charge < -0.3 is 24.4 Å². The molecule has 0 amide bonds. The Hall–Kier alpha value is -4.42. The molecule has 0 saturated carbocycles. The zero-order chi connectivity index (χ0) is 24.9. The highest BCUT2D eigenvalue weighted by atomic mass is 19.1. The van der Waals surface area contributed by atoms with Gasteiger partial charge in [-0.15, -0.1) is 0 Å². The van der Waals surface area contributed by atoms with E-state index in [2.05, 4.69) is 11.4 Å². The molecule has 4 aromatic rings. The van der Waals surface area contributed by atoms with Crippen LogP contribution in [0.15, 0.2) is 60.7 Å². The number of aromatic nitrogens is 2. The van der Waals surface area contributed by atoms with Crippen LogP contribution < -0.4 is 19.7 Å². The van der Waals surface area contributed by atoms with Gasteiger partial charge in [-0.1, -0.05) is 18.2 Å². The van der Waals surface area contributed by atoms with Crippen LogP contribution in [0.4, 0.5) is 21.7 Å². The van der Waals surface area contributed by atoms with Crippen molar-refractivity contribution in [2.45, 2.75) is 6.61 Å². The Labute approximate surface area is 207 Å². The van der Waals surface area contributed by atoms with Crippen molar-refractivity contribution < 1.29 is 18.6 Å². The van der Waals surface area contributed by atoms with Gasteiger partial charge in [0.15, 0.2) is 11.6 Å². The molecule has 1 aliphatic rings. The maximum Gasteiger partial charge on any atom is 0.174 e. The lowest BCUT2D eigenvalue weighted by Gasteiger charge is -2.29. The van der Waals surface area contributed by atoms with Gasteiger partial charge in [-0.3, -0.25) is 0 Å². The molecule has 1 aliphatic heterocycles. The molecule has 1 fully saturated rings. The van der Waals surface area contributed by atoms with E-state index in [9.17, 15) is 5.26 Å². The fraction of sp³-hybridized carbons (Fsp3) is 0.222. The number of hydrogen-bond acceptors (Lipinski definition) is 8. The fourth-order valence-corrected chi connectivity index (χ4v) is 3.94. The van der Waals surface area contributed by atoms with E-state index in [1.54, 1.807) is 37.4 Å². The van der Waals surface area contributed by atoms with E-state index in [0.29, 0.717) is 66.9 Å². The average Bonchev–Trinajstić information content (AvgIpc) is 2.93. The quantitative estimate of drug-likeness (QED) is 0.399. The second-order valence-corrected chi connectivity index (χ2v) is 8.18. The summed E-state index contributed by atoms with van der Waals surface area (Å²) in [7, 11) is 1.61. The molecule has 1 saturated heterocycles. The lowest BCUT2D eigenvalue weighted by atomic mass is 10.2. The summed E-state index contributed by atoms with van der Waals surface area (Å²) in [4.78, 5) is 11.5. The number of benzene rings is 3. The number of fused-ring (bicyclic) bond motifs is 1. The van der Waals surface area contributed by atoms with Gasteiger partial charge in [0.25, 0.3) is 0 Å². The van der Waals surface area contributed by atoms with Crippen molar-refractivity contribution in [3.8, 4) is 17.6 Å². The minimum Gasteiger partial charge on any atom is -0.497 e. The van der Waals surface area contributed by atoms with Crippen LogP contribution in [0.1, 0.15) is 11.1 Å². The zero-order valence-corrected chi connectivity index (χ0v) is 19.7. The Bertz CT molecular complexity index is 1420. The third-order valence-corrected chi connectivity index (χ3v) is 5.87. The number of anilines is 3. The number of nitrogens with one attached hydrogen (secondary N) is 1. The predicted molar refractivity (Wildman–Crippen MR) is 134 cm³/mol. The van der Waals surface area contributed by atoms with E-state index in [1.807, 2.05) is 29.2 Å². The Kier molecular flexibility index (Phi) is 6.78. The van der Waals surface area contributed by atoms with Crippen LogP contribution in [0.2, 0.25) is 0 Å². The molecule has 0 atom stereocenters. The van der Waals surface area contributed by atoms with E-state index >= 15 is 4.39 Å². The molecule has 5 rings (SSSR count). The van der Waals surface area contributed by atoms with Gasteiger partial charge in [-0.25, -0.2) is 14.4 Å². The van der Waals surface area contributed by atoms with E-state index in [4.69, 9.17) is 24.2 Å².